The first-order valence-electron chi connectivity index (χ1n) is 10.6. The number of fused-ring (bicyclic) bond motifs is 2. The largest absolute Gasteiger partial charge is 0.617 e. The molecular weight excluding hydrogens is 396 g/mol. The van der Waals surface area contributed by atoms with Crippen molar-refractivity contribution in [1.29, 1.82) is 0 Å². The lowest BCUT2D eigenvalue weighted by Crippen LogP contribution is -2.45. The quantitative estimate of drug-likeness (QED) is 0.265. The smallest absolute Gasteiger partial charge is 0.310 e. The number of esters is 1. The molecule has 0 bridgehead atoms. The number of carbonyl (C=O) groups excluding carboxylic acids is 1. The minimum atomic E-state index is -0.340. The van der Waals surface area contributed by atoms with E-state index in [-0.39, 0.29) is 23.4 Å². The van der Waals surface area contributed by atoms with Crippen molar-refractivity contribution >= 4 is 28.0 Å². The second kappa shape index (κ2) is 8.64. The van der Waals surface area contributed by atoms with Gasteiger partial charge in [0.1, 0.15) is 6.61 Å². The van der Waals surface area contributed by atoms with E-state index < -0.39 is 0 Å². The van der Waals surface area contributed by atoms with Crippen LogP contribution < -0.4 is 9.46 Å². The zero-order valence-electron chi connectivity index (χ0n) is 18.3. The lowest BCUT2D eigenvalue weighted by atomic mass is 10.1. The maximum Gasteiger partial charge on any atom is 0.310 e. The molecular formula is C23H28N4O4. The van der Waals surface area contributed by atoms with Crippen LogP contribution in [-0.4, -0.2) is 62.1 Å². The number of rotatable bonds is 5. The van der Waals surface area contributed by atoms with Crippen molar-refractivity contribution in [3.63, 3.8) is 0 Å². The molecule has 8 nitrogen and oxygen atoms in total. The number of ether oxygens (including phenoxy) is 1. The monoisotopic (exact) mass is 424 g/mol. The highest BCUT2D eigenvalue weighted by molar-refractivity contribution is 5.79. The maximum absolute atomic E-state index is 13.0. The average Bonchev–Trinajstić information content (AvgIpc) is 2.75. The van der Waals surface area contributed by atoms with E-state index in [1.165, 1.54) is 0 Å². The van der Waals surface area contributed by atoms with Crippen molar-refractivity contribution in [3.05, 3.63) is 57.4 Å². The summed E-state index contributed by atoms with van der Waals surface area (Å²) in [7, 11) is 2.10. The van der Waals surface area contributed by atoms with Gasteiger partial charge in [-0.2, -0.15) is 9.46 Å². The summed E-state index contributed by atoms with van der Waals surface area (Å²) < 4.78 is 6.95. The third-order valence-electron chi connectivity index (χ3n) is 6.12. The lowest BCUT2D eigenvalue weighted by molar-refractivity contribution is -0.591. The predicted octanol–water partition coefficient (Wildman–Crippen LogP) is 1.21. The molecule has 2 heterocycles. The summed E-state index contributed by atoms with van der Waals surface area (Å²) in [6.45, 7) is 8.88. The van der Waals surface area contributed by atoms with E-state index in [4.69, 9.17) is 4.74 Å². The van der Waals surface area contributed by atoms with Crippen LogP contribution >= 0.6 is 0 Å². The highest BCUT2D eigenvalue weighted by Crippen LogP contribution is 2.18. The van der Waals surface area contributed by atoms with E-state index in [1.54, 1.807) is 30.3 Å². The Hall–Kier alpha value is -2.97. The van der Waals surface area contributed by atoms with Crippen molar-refractivity contribution in [3.8, 4) is 0 Å². The van der Waals surface area contributed by atoms with Gasteiger partial charge in [0.05, 0.1) is 6.42 Å². The van der Waals surface area contributed by atoms with Gasteiger partial charge < -0.3 is 20.1 Å². The Morgan fingerprint density at radius 1 is 0.935 bits per heavy atom. The molecule has 0 aliphatic carbocycles. The second-order valence-corrected chi connectivity index (χ2v) is 8.38. The van der Waals surface area contributed by atoms with E-state index in [0.29, 0.717) is 23.2 Å². The van der Waals surface area contributed by atoms with E-state index in [9.17, 15) is 15.2 Å². The van der Waals surface area contributed by atoms with Crippen LogP contribution in [-0.2, 0) is 16.0 Å². The molecule has 2 aromatic carbocycles. The molecule has 0 unspecified atom stereocenters. The minimum absolute atomic E-state index is 0.0580. The zero-order chi connectivity index (χ0) is 22.1. The first-order chi connectivity index (χ1) is 14.8. The molecule has 0 atom stereocenters. The zero-order valence-corrected chi connectivity index (χ0v) is 18.3. The molecule has 0 spiro atoms. The number of likely N-dealkylation sites (N-methyl/N-ethyl adjacent to an activating group) is 1. The molecule has 4 rings (SSSR count). The van der Waals surface area contributed by atoms with Crippen LogP contribution in [0.1, 0.15) is 16.7 Å². The van der Waals surface area contributed by atoms with E-state index in [0.717, 1.165) is 53.3 Å². The Balaban J connectivity index is 1.48. The molecule has 1 aliphatic rings. The molecule has 1 aliphatic heterocycles. The van der Waals surface area contributed by atoms with Gasteiger partial charge >= 0.3 is 5.97 Å². The Morgan fingerprint density at radius 2 is 1.52 bits per heavy atom. The Bertz CT molecular complexity index is 1140. The number of nitrogens with zero attached hydrogens (tertiary/aromatic N) is 4. The summed E-state index contributed by atoms with van der Waals surface area (Å²) in [6.07, 6.45) is 0.0580. The SMILES string of the molecule is Cc1cc2c(cc1C)[n+]([O-])c1cc(CC(=O)OCCN3CCN(C)CC3)ccc1[n+]2[O-]. The van der Waals surface area contributed by atoms with Crippen molar-refractivity contribution in [2.24, 2.45) is 0 Å². The normalized spacial score (nSPS) is 15.6. The fourth-order valence-electron chi connectivity index (χ4n) is 3.96. The summed E-state index contributed by atoms with van der Waals surface area (Å²) in [5.41, 5.74) is 3.71. The van der Waals surface area contributed by atoms with Gasteiger partial charge in [0.25, 0.3) is 22.1 Å². The van der Waals surface area contributed by atoms with Gasteiger partial charge in [-0.3, -0.25) is 9.69 Å². The summed E-state index contributed by atoms with van der Waals surface area (Å²) in [6, 6.07) is 8.36. The summed E-state index contributed by atoms with van der Waals surface area (Å²) in [4.78, 5) is 16.9. The number of hydrogen-bond acceptors (Lipinski definition) is 6. The maximum atomic E-state index is 13.0. The van der Waals surface area contributed by atoms with Crippen LogP contribution in [0.4, 0.5) is 0 Å². The van der Waals surface area contributed by atoms with Gasteiger partial charge in [0.2, 0.25) is 0 Å². The first kappa shape index (κ1) is 21.3. The molecule has 31 heavy (non-hydrogen) atoms. The fourth-order valence-corrected chi connectivity index (χ4v) is 3.96. The average molecular weight is 425 g/mol. The lowest BCUT2D eigenvalue weighted by Gasteiger charge is -2.32. The van der Waals surface area contributed by atoms with E-state index in [2.05, 4.69) is 16.8 Å². The number of piperazine rings is 1. The minimum Gasteiger partial charge on any atom is -0.617 e. The van der Waals surface area contributed by atoms with Gasteiger partial charge in [-0.15, -0.1) is 0 Å². The Kier molecular flexibility index (Phi) is 5.93. The standard InChI is InChI=1S/C23H28N4O4/c1-16-12-20-21(13-17(16)2)27(30)22-14-18(4-5-19(22)26(20)29)15-23(28)31-11-10-25-8-6-24(3)7-9-25/h4-5,12-14H,6-11,15H2,1-3H3. The highest BCUT2D eigenvalue weighted by atomic mass is 16.5. The van der Waals surface area contributed by atoms with Gasteiger partial charge in [-0.1, -0.05) is 6.07 Å². The van der Waals surface area contributed by atoms with Crippen LogP contribution in [0.3, 0.4) is 0 Å². The van der Waals surface area contributed by atoms with Gasteiger partial charge in [-0.25, -0.2) is 0 Å². The van der Waals surface area contributed by atoms with Crippen LogP contribution in [0.15, 0.2) is 30.3 Å². The van der Waals surface area contributed by atoms with Crippen molar-refractivity contribution in [2.75, 3.05) is 46.4 Å². The number of aromatic nitrogens is 2. The molecule has 1 fully saturated rings. The van der Waals surface area contributed by atoms with Gasteiger partial charge in [0.15, 0.2) is 0 Å². The van der Waals surface area contributed by atoms with E-state index >= 15 is 0 Å². The van der Waals surface area contributed by atoms with Crippen LogP contribution in [0.25, 0.3) is 22.1 Å². The third kappa shape index (κ3) is 4.40. The molecule has 1 saturated heterocycles. The molecule has 0 saturated carbocycles. The fraction of sp³-hybridized carbons (Fsp3) is 0.435. The number of aryl methyl sites for hydroxylation is 2. The van der Waals surface area contributed by atoms with Gasteiger partial charge in [-0.05, 0) is 37.6 Å². The molecule has 0 radical (unpaired) electrons. The van der Waals surface area contributed by atoms with Crippen LogP contribution in [0.5, 0.6) is 0 Å². The van der Waals surface area contributed by atoms with Crippen molar-refractivity contribution < 1.29 is 19.0 Å². The summed E-state index contributed by atoms with van der Waals surface area (Å²) >= 11 is 0. The molecule has 1 aromatic heterocycles. The van der Waals surface area contributed by atoms with Crippen molar-refractivity contribution in [2.45, 2.75) is 20.3 Å². The molecule has 8 heteroatoms. The third-order valence-corrected chi connectivity index (χ3v) is 6.12. The first-order valence-corrected chi connectivity index (χ1v) is 10.6. The summed E-state index contributed by atoms with van der Waals surface area (Å²) in [5, 5.41) is 25.8. The predicted molar refractivity (Wildman–Crippen MR) is 117 cm³/mol. The Labute approximate surface area is 181 Å². The number of hydrogen-bond donors (Lipinski definition) is 0. The molecule has 164 valence electrons. The number of benzene rings is 2. The second-order valence-electron chi connectivity index (χ2n) is 8.38. The van der Waals surface area contributed by atoms with Gasteiger partial charge in [0, 0.05) is 57.0 Å². The van der Waals surface area contributed by atoms with Crippen molar-refractivity contribution in [1.82, 2.24) is 9.80 Å². The van der Waals surface area contributed by atoms with Crippen LogP contribution in [0, 0.1) is 24.3 Å². The molecule has 3 aromatic rings. The molecule has 0 N–H and O–H groups in total. The summed E-state index contributed by atoms with van der Waals surface area (Å²) in [5.74, 6) is -0.340. The van der Waals surface area contributed by atoms with E-state index in [1.807, 2.05) is 13.8 Å². The number of carbonyl (C=O) groups is 1. The molecule has 0 amide bonds. The highest BCUT2D eigenvalue weighted by Gasteiger charge is 2.23. The Morgan fingerprint density at radius 3 is 2.16 bits per heavy atom. The topological polar surface area (TPSA) is 86.7 Å². The van der Waals surface area contributed by atoms with Crippen LogP contribution in [0.2, 0.25) is 0 Å².